The van der Waals surface area contributed by atoms with Crippen LogP contribution in [0.2, 0.25) is 0 Å². The van der Waals surface area contributed by atoms with Crippen molar-refractivity contribution >= 4 is 23.1 Å². The van der Waals surface area contributed by atoms with E-state index in [4.69, 9.17) is 5.11 Å². The Balaban J connectivity index is 1.46. The molecule has 2 aromatic carbocycles. The number of hydrogen-bond donors (Lipinski definition) is 1. The van der Waals surface area contributed by atoms with Gasteiger partial charge in [0.2, 0.25) is 5.91 Å². The van der Waals surface area contributed by atoms with Crippen molar-refractivity contribution in [3.8, 4) is 0 Å². The summed E-state index contributed by atoms with van der Waals surface area (Å²) in [6.45, 7) is 1.06. The molecule has 3 rings (SSSR count). The molecule has 0 bridgehead atoms. The van der Waals surface area contributed by atoms with E-state index >= 15 is 0 Å². The monoisotopic (exact) mass is 454 g/mol. The number of unbranched alkanes of at least 4 members (excludes halogenated alkanes) is 4. The quantitative estimate of drug-likeness (QED) is 0.445. The highest BCUT2D eigenvalue weighted by molar-refractivity contribution is 5.79. The molecule has 5 nitrogen and oxygen atoms in total. The number of Topliss-reactive ketones (excluding diaryl/α,β-unsaturated/α-hetero) is 1. The number of ketones is 1. The summed E-state index contributed by atoms with van der Waals surface area (Å²) < 4.78 is 13.9. The molecule has 1 saturated heterocycles. The number of rotatable bonds is 12. The van der Waals surface area contributed by atoms with E-state index in [-0.39, 0.29) is 30.2 Å². The SMILES string of the molecule is O=C(CO)CCCCCCCC(=O)N1CCC(N(c2ccccc2)c2cccc(F)c2)CC1. The number of likely N-dealkylation sites (tertiary alicyclic amines) is 1. The van der Waals surface area contributed by atoms with Crippen molar-refractivity contribution in [2.45, 2.75) is 63.8 Å². The predicted molar refractivity (Wildman–Crippen MR) is 129 cm³/mol. The van der Waals surface area contributed by atoms with Crippen LogP contribution >= 0.6 is 0 Å². The van der Waals surface area contributed by atoms with Crippen molar-refractivity contribution in [2.75, 3.05) is 24.6 Å². The Kier molecular flexibility index (Phi) is 9.88. The summed E-state index contributed by atoms with van der Waals surface area (Å²) in [5, 5.41) is 8.72. The molecule has 2 aromatic rings. The van der Waals surface area contributed by atoms with Gasteiger partial charge in [-0.25, -0.2) is 4.39 Å². The van der Waals surface area contributed by atoms with Crippen LogP contribution in [0.4, 0.5) is 15.8 Å². The summed E-state index contributed by atoms with van der Waals surface area (Å²) in [6, 6.07) is 17.0. The van der Waals surface area contributed by atoms with Gasteiger partial charge in [0.05, 0.1) is 0 Å². The molecule has 6 heteroatoms. The average molecular weight is 455 g/mol. The molecule has 33 heavy (non-hydrogen) atoms. The summed E-state index contributed by atoms with van der Waals surface area (Å²) in [7, 11) is 0. The smallest absolute Gasteiger partial charge is 0.222 e. The molecule has 1 aliphatic heterocycles. The van der Waals surface area contributed by atoms with Gasteiger partial charge in [-0.15, -0.1) is 0 Å². The Morgan fingerprint density at radius 3 is 2.18 bits per heavy atom. The summed E-state index contributed by atoms with van der Waals surface area (Å²) in [6.07, 6.45) is 7.32. The van der Waals surface area contributed by atoms with E-state index in [0.717, 1.165) is 56.3 Å². The third-order valence-electron chi connectivity index (χ3n) is 6.33. The van der Waals surface area contributed by atoms with E-state index in [0.29, 0.717) is 25.9 Å². The minimum atomic E-state index is -0.365. The van der Waals surface area contributed by atoms with Crippen molar-refractivity contribution in [3.63, 3.8) is 0 Å². The Morgan fingerprint density at radius 2 is 1.52 bits per heavy atom. The largest absolute Gasteiger partial charge is 0.389 e. The van der Waals surface area contributed by atoms with Crippen LogP contribution in [0.5, 0.6) is 0 Å². The van der Waals surface area contributed by atoms with Crippen LogP contribution < -0.4 is 4.90 Å². The molecule has 0 unspecified atom stereocenters. The van der Waals surface area contributed by atoms with Gasteiger partial charge in [0.15, 0.2) is 5.78 Å². The lowest BCUT2D eigenvalue weighted by Crippen LogP contribution is -2.45. The Labute approximate surface area is 196 Å². The highest BCUT2D eigenvalue weighted by Gasteiger charge is 2.28. The fourth-order valence-electron chi connectivity index (χ4n) is 4.52. The summed E-state index contributed by atoms with van der Waals surface area (Å²) >= 11 is 0. The van der Waals surface area contributed by atoms with Crippen LogP contribution in [0, 0.1) is 5.82 Å². The first-order valence-corrected chi connectivity index (χ1v) is 12.1. The zero-order valence-corrected chi connectivity index (χ0v) is 19.3. The molecule has 178 valence electrons. The number of halogens is 1. The number of carbonyl (C=O) groups is 2. The fourth-order valence-corrected chi connectivity index (χ4v) is 4.52. The first-order valence-electron chi connectivity index (χ1n) is 12.1. The van der Waals surface area contributed by atoms with Crippen LogP contribution in [0.3, 0.4) is 0 Å². The number of aliphatic hydroxyl groups excluding tert-OH is 1. The molecule has 1 amide bonds. The predicted octanol–water partition coefficient (Wildman–Crippen LogP) is 5.25. The molecular weight excluding hydrogens is 419 g/mol. The van der Waals surface area contributed by atoms with Crippen LogP contribution in [0.1, 0.15) is 57.8 Å². The third kappa shape index (κ3) is 7.67. The van der Waals surface area contributed by atoms with Crippen LogP contribution in [0.25, 0.3) is 0 Å². The van der Waals surface area contributed by atoms with Crippen molar-refractivity contribution in [2.24, 2.45) is 0 Å². The van der Waals surface area contributed by atoms with E-state index in [2.05, 4.69) is 4.90 Å². The van der Waals surface area contributed by atoms with E-state index in [1.165, 1.54) is 6.07 Å². The van der Waals surface area contributed by atoms with E-state index < -0.39 is 0 Å². The second-order valence-corrected chi connectivity index (χ2v) is 8.76. The topological polar surface area (TPSA) is 60.9 Å². The molecule has 1 heterocycles. The van der Waals surface area contributed by atoms with Gasteiger partial charge in [0.1, 0.15) is 12.4 Å². The minimum absolute atomic E-state index is 0.100. The molecule has 1 fully saturated rings. The standard InChI is InChI=1S/C27H35FN2O3/c28-22-10-9-13-25(20-22)30(23-11-5-4-6-12-23)24-16-18-29(19-17-24)27(33)15-8-3-1-2-7-14-26(32)21-31/h4-6,9-13,20,24,31H,1-3,7-8,14-19,21H2. The molecular formula is C27H35FN2O3. The number of benzene rings is 2. The lowest BCUT2D eigenvalue weighted by atomic mass is 10.00. The van der Waals surface area contributed by atoms with Crippen LogP contribution in [0.15, 0.2) is 54.6 Å². The molecule has 1 aliphatic rings. The third-order valence-corrected chi connectivity index (χ3v) is 6.33. The van der Waals surface area contributed by atoms with Crippen LogP contribution in [-0.4, -0.2) is 47.4 Å². The van der Waals surface area contributed by atoms with Crippen molar-refractivity contribution < 1.29 is 19.1 Å². The van der Waals surface area contributed by atoms with Crippen molar-refractivity contribution in [1.82, 2.24) is 4.90 Å². The highest BCUT2D eigenvalue weighted by atomic mass is 19.1. The molecule has 1 N–H and O–H groups in total. The number of aliphatic hydroxyl groups is 1. The van der Waals surface area contributed by atoms with Gasteiger partial charge in [0, 0.05) is 43.3 Å². The van der Waals surface area contributed by atoms with Gasteiger partial charge >= 0.3 is 0 Å². The minimum Gasteiger partial charge on any atom is -0.389 e. The average Bonchev–Trinajstić information content (AvgIpc) is 2.84. The molecule has 0 radical (unpaired) electrons. The number of nitrogens with zero attached hydrogens (tertiary/aromatic N) is 2. The lowest BCUT2D eigenvalue weighted by molar-refractivity contribution is -0.132. The second kappa shape index (κ2) is 13.1. The molecule has 0 aliphatic carbocycles. The van der Waals surface area contributed by atoms with Gasteiger partial charge < -0.3 is 14.9 Å². The number of para-hydroxylation sites is 1. The van der Waals surface area contributed by atoms with Gasteiger partial charge in [-0.3, -0.25) is 9.59 Å². The molecule has 0 spiro atoms. The fraction of sp³-hybridized carbons (Fsp3) is 0.481. The maximum absolute atomic E-state index is 13.9. The lowest BCUT2D eigenvalue weighted by Gasteiger charge is -2.40. The normalized spacial score (nSPS) is 14.3. The van der Waals surface area contributed by atoms with Crippen molar-refractivity contribution in [1.29, 1.82) is 0 Å². The maximum Gasteiger partial charge on any atom is 0.222 e. The Bertz CT molecular complexity index is 882. The van der Waals surface area contributed by atoms with Gasteiger partial charge in [-0.1, -0.05) is 43.5 Å². The number of anilines is 2. The maximum atomic E-state index is 13.9. The number of hydrogen-bond acceptors (Lipinski definition) is 4. The summed E-state index contributed by atoms with van der Waals surface area (Å²) in [4.78, 5) is 27.9. The summed E-state index contributed by atoms with van der Waals surface area (Å²) in [5.41, 5.74) is 1.88. The molecule has 0 saturated carbocycles. The Hall–Kier alpha value is -2.73. The van der Waals surface area contributed by atoms with Gasteiger partial charge in [0.25, 0.3) is 0 Å². The van der Waals surface area contributed by atoms with Gasteiger partial charge in [-0.2, -0.15) is 0 Å². The van der Waals surface area contributed by atoms with E-state index in [1.54, 1.807) is 12.1 Å². The zero-order chi connectivity index (χ0) is 23.5. The van der Waals surface area contributed by atoms with Crippen LogP contribution in [-0.2, 0) is 9.59 Å². The van der Waals surface area contributed by atoms with Crippen molar-refractivity contribution in [3.05, 3.63) is 60.4 Å². The zero-order valence-electron chi connectivity index (χ0n) is 19.3. The first kappa shape index (κ1) is 24.9. The number of amides is 1. The molecule has 0 aromatic heterocycles. The second-order valence-electron chi connectivity index (χ2n) is 8.76. The summed E-state index contributed by atoms with van der Waals surface area (Å²) in [5.74, 6) is -0.140. The van der Waals surface area contributed by atoms with Gasteiger partial charge in [-0.05, 0) is 56.0 Å². The number of piperidine rings is 1. The highest BCUT2D eigenvalue weighted by Crippen LogP contribution is 2.32. The Morgan fingerprint density at radius 1 is 0.879 bits per heavy atom. The van der Waals surface area contributed by atoms with E-state index in [9.17, 15) is 14.0 Å². The first-order chi connectivity index (χ1) is 16.1. The van der Waals surface area contributed by atoms with E-state index in [1.807, 2.05) is 41.3 Å². The number of carbonyl (C=O) groups excluding carboxylic acids is 2. The molecule has 0 atom stereocenters.